The van der Waals surface area contributed by atoms with Crippen molar-refractivity contribution in [2.24, 2.45) is 10.7 Å². The summed E-state index contributed by atoms with van der Waals surface area (Å²) in [5.41, 5.74) is 5.32. The molecule has 0 aliphatic carbocycles. The average Bonchev–Trinajstić information content (AvgIpc) is 3.32. The lowest BCUT2D eigenvalue weighted by atomic mass is 9.82. The van der Waals surface area contributed by atoms with Crippen molar-refractivity contribution in [3.63, 3.8) is 0 Å². The summed E-state index contributed by atoms with van der Waals surface area (Å²) in [7, 11) is 1.49. The van der Waals surface area contributed by atoms with E-state index in [1.807, 2.05) is 0 Å². The monoisotopic (exact) mass is 383 g/mol. The van der Waals surface area contributed by atoms with Crippen LogP contribution in [0.25, 0.3) is 11.3 Å². The summed E-state index contributed by atoms with van der Waals surface area (Å²) < 4.78 is 32.8. The number of aliphatic imine (C=N–C) groups is 1. The number of rotatable bonds is 4. The lowest BCUT2D eigenvalue weighted by molar-refractivity contribution is -0.129. The minimum absolute atomic E-state index is 0.00542. The maximum atomic E-state index is 14.4. The van der Waals surface area contributed by atoms with E-state index in [0.717, 1.165) is 0 Å². The molecule has 0 saturated carbocycles. The second-order valence-corrected chi connectivity index (χ2v) is 6.27. The number of hydrogen-bond acceptors (Lipinski definition) is 6. The number of amides is 1. The number of alkyl halides is 1. The largest absolute Gasteiger partial charge is 0.443 e. The van der Waals surface area contributed by atoms with Gasteiger partial charge in [-0.15, -0.1) is 0 Å². The predicted molar refractivity (Wildman–Crippen MR) is 96.1 cm³/mol. The van der Waals surface area contributed by atoms with E-state index in [-0.39, 0.29) is 23.0 Å². The number of carbonyl (C=O) groups is 1. The molecule has 1 aliphatic rings. The second kappa shape index (κ2) is 6.52. The Morgan fingerprint density at radius 1 is 1.25 bits per heavy atom. The van der Waals surface area contributed by atoms with Crippen LogP contribution >= 0.6 is 0 Å². The summed E-state index contributed by atoms with van der Waals surface area (Å²) in [5, 5.41) is 0. The average molecular weight is 383 g/mol. The first kappa shape index (κ1) is 17.8. The Hall–Kier alpha value is -3.62. The Bertz CT molecular complexity index is 1080. The van der Waals surface area contributed by atoms with Gasteiger partial charge in [0.25, 0.3) is 5.91 Å². The SMILES string of the molecule is CN1C(=O)C(c2ccnc(CF)c2)(c2ccc(F)c(-c3cnco3)c2)N=C1N. The Morgan fingerprint density at radius 3 is 2.68 bits per heavy atom. The van der Waals surface area contributed by atoms with Crippen LogP contribution in [0, 0.1) is 5.82 Å². The normalized spacial score (nSPS) is 19.2. The van der Waals surface area contributed by atoms with E-state index >= 15 is 0 Å². The highest BCUT2D eigenvalue weighted by molar-refractivity contribution is 6.09. The van der Waals surface area contributed by atoms with Crippen LogP contribution in [0.4, 0.5) is 8.78 Å². The third-order valence-electron chi connectivity index (χ3n) is 4.69. The maximum Gasteiger partial charge on any atom is 0.266 e. The summed E-state index contributed by atoms with van der Waals surface area (Å²) >= 11 is 0. The fourth-order valence-electron chi connectivity index (χ4n) is 3.25. The summed E-state index contributed by atoms with van der Waals surface area (Å²) in [4.78, 5) is 26.5. The van der Waals surface area contributed by atoms with Crippen LogP contribution in [0.5, 0.6) is 0 Å². The second-order valence-electron chi connectivity index (χ2n) is 6.27. The third kappa shape index (κ3) is 2.55. The van der Waals surface area contributed by atoms with Gasteiger partial charge in [-0.2, -0.15) is 0 Å². The van der Waals surface area contributed by atoms with Crippen molar-refractivity contribution in [2.75, 3.05) is 7.05 Å². The van der Waals surface area contributed by atoms with Crippen LogP contribution in [0.15, 0.2) is 58.5 Å². The van der Waals surface area contributed by atoms with Gasteiger partial charge in [0.1, 0.15) is 12.5 Å². The van der Waals surface area contributed by atoms with E-state index in [9.17, 15) is 13.6 Å². The Morgan fingerprint density at radius 2 is 2.04 bits per heavy atom. The highest BCUT2D eigenvalue weighted by Crippen LogP contribution is 2.41. The van der Waals surface area contributed by atoms with Crippen LogP contribution in [0.1, 0.15) is 16.8 Å². The van der Waals surface area contributed by atoms with Gasteiger partial charge >= 0.3 is 0 Å². The smallest absolute Gasteiger partial charge is 0.266 e. The van der Waals surface area contributed by atoms with Gasteiger partial charge in [-0.05, 0) is 35.4 Å². The van der Waals surface area contributed by atoms with Crippen molar-refractivity contribution in [3.8, 4) is 11.3 Å². The number of pyridine rings is 1. The molecule has 0 radical (unpaired) electrons. The molecular formula is C19H15F2N5O2. The van der Waals surface area contributed by atoms with Gasteiger partial charge in [-0.3, -0.25) is 14.7 Å². The fraction of sp³-hybridized carbons (Fsp3) is 0.158. The Balaban J connectivity index is 1.98. The fourth-order valence-corrected chi connectivity index (χ4v) is 3.25. The van der Waals surface area contributed by atoms with Crippen molar-refractivity contribution >= 4 is 11.9 Å². The molecule has 7 nitrogen and oxygen atoms in total. The minimum Gasteiger partial charge on any atom is -0.443 e. The van der Waals surface area contributed by atoms with Gasteiger partial charge in [0.05, 0.1) is 17.5 Å². The van der Waals surface area contributed by atoms with Crippen LogP contribution in [-0.4, -0.2) is 33.8 Å². The van der Waals surface area contributed by atoms with Crippen molar-refractivity contribution in [1.29, 1.82) is 0 Å². The molecule has 2 aromatic heterocycles. The number of oxazole rings is 1. The molecule has 1 aromatic carbocycles. The number of carbonyl (C=O) groups excluding carboxylic acids is 1. The zero-order valence-electron chi connectivity index (χ0n) is 14.8. The first-order valence-corrected chi connectivity index (χ1v) is 8.31. The molecule has 28 heavy (non-hydrogen) atoms. The highest BCUT2D eigenvalue weighted by atomic mass is 19.1. The molecule has 1 aliphatic heterocycles. The quantitative estimate of drug-likeness (QED) is 0.746. The van der Waals surface area contributed by atoms with Gasteiger partial charge in [-0.25, -0.2) is 18.8 Å². The third-order valence-corrected chi connectivity index (χ3v) is 4.69. The van der Waals surface area contributed by atoms with Crippen LogP contribution < -0.4 is 5.73 Å². The molecule has 1 atom stereocenters. The standard InChI is InChI=1S/C19H15F2N5O2/c1-26-17(27)19(25-18(26)22,12-4-5-24-13(6-12)8-20)11-2-3-15(21)14(7-11)16-9-23-10-28-16/h2-7,9-10H,8H2,1H3,(H2,22,25). The van der Waals surface area contributed by atoms with Crippen molar-refractivity contribution in [2.45, 2.75) is 12.2 Å². The van der Waals surface area contributed by atoms with Crippen molar-refractivity contribution in [3.05, 3.63) is 71.8 Å². The van der Waals surface area contributed by atoms with Crippen LogP contribution in [0.2, 0.25) is 0 Å². The molecule has 1 amide bonds. The van der Waals surface area contributed by atoms with E-state index in [1.54, 1.807) is 6.07 Å². The number of aromatic nitrogens is 2. The topological polar surface area (TPSA) is 97.6 Å². The lowest BCUT2D eigenvalue weighted by Crippen LogP contribution is -2.41. The zero-order chi connectivity index (χ0) is 19.9. The van der Waals surface area contributed by atoms with Gasteiger partial charge < -0.3 is 10.2 Å². The molecule has 142 valence electrons. The van der Waals surface area contributed by atoms with E-state index < -0.39 is 23.9 Å². The molecule has 0 spiro atoms. The van der Waals surface area contributed by atoms with Gasteiger partial charge in [0.2, 0.25) is 0 Å². The molecular weight excluding hydrogens is 368 g/mol. The summed E-state index contributed by atoms with van der Waals surface area (Å²) in [6.07, 6.45) is 3.94. The van der Waals surface area contributed by atoms with E-state index in [1.165, 1.54) is 55.0 Å². The first-order chi connectivity index (χ1) is 13.5. The van der Waals surface area contributed by atoms with E-state index in [0.29, 0.717) is 11.1 Å². The van der Waals surface area contributed by atoms with Crippen molar-refractivity contribution in [1.82, 2.24) is 14.9 Å². The van der Waals surface area contributed by atoms with Crippen molar-refractivity contribution < 1.29 is 18.0 Å². The lowest BCUT2D eigenvalue weighted by Gasteiger charge is -2.26. The molecule has 0 fully saturated rings. The molecule has 2 N–H and O–H groups in total. The number of likely N-dealkylation sites (N-methyl/N-ethyl adjacent to an activating group) is 1. The number of nitrogens with two attached hydrogens (primary N) is 1. The molecule has 0 saturated heterocycles. The summed E-state index contributed by atoms with van der Waals surface area (Å²) in [6, 6.07) is 7.12. The number of nitrogens with zero attached hydrogens (tertiary/aromatic N) is 4. The molecule has 3 aromatic rings. The summed E-state index contributed by atoms with van der Waals surface area (Å²) in [6.45, 7) is -0.806. The first-order valence-electron chi connectivity index (χ1n) is 8.31. The van der Waals surface area contributed by atoms with Crippen LogP contribution in [0.3, 0.4) is 0 Å². The van der Waals surface area contributed by atoms with Gasteiger partial charge in [0.15, 0.2) is 23.7 Å². The van der Waals surface area contributed by atoms with Gasteiger partial charge in [0, 0.05) is 13.2 Å². The molecule has 3 heterocycles. The van der Waals surface area contributed by atoms with Gasteiger partial charge in [-0.1, -0.05) is 6.07 Å². The number of hydrogen-bond donors (Lipinski definition) is 1. The molecule has 9 heteroatoms. The summed E-state index contributed by atoms with van der Waals surface area (Å²) in [5.74, 6) is -0.805. The zero-order valence-corrected chi connectivity index (χ0v) is 14.8. The van der Waals surface area contributed by atoms with Crippen LogP contribution in [-0.2, 0) is 17.0 Å². The molecule has 1 unspecified atom stereocenters. The number of halogens is 2. The minimum atomic E-state index is -1.59. The maximum absolute atomic E-state index is 14.4. The number of guanidine groups is 1. The number of benzene rings is 1. The predicted octanol–water partition coefficient (Wildman–Crippen LogP) is 2.38. The van der Waals surface area contributed by atoms with E-state index in [2.05, 4.69) is 15.0 Å². The van der Waals surface area contributed by atoms with E-state index in [4.69, 9.17) is 10.2 Å². The Labute approximate surface area is 158 Å². The molecule has 0 bridgehead atoms. The Kier molecular flexibility index (Phi) is 4.14. The molecule has 4 rings (SSSR count). The highest BCUT2D eigenvalue weighted by Gasteiger charge is 2.50.